The Kier molecular flexibility index (Phi) is 7.06. The van der Waals surface area contributed by atoms with Crippen LogP contribution in [0.15, 0.2) is 59.0 Å². The van der Waals surface area contributed by atoms with E-state index >= 15 is 0 Å². The number of carbonyl (C=O) groups is 1. The molecule has 1 aliphatic heterocycles. The first-order chi connectivity index (χ1) is 16.3. The number of rotatable bonds is 6. The van der Waals surface area contributed by atoms with Gasteiger partial charge in [0, 0.05) is 17.7 Å². The van der Waals surface area contributed by atoms with Gasteiger partial charge in [0.05, 0.1) is 10.7 Å². The normalized spacial score (nSPS) is 16.7. The maximum Gasteiger partial charge on any atom is 0.573 e. The molecule has 1 fully saturated rings. The molecule has 0 N–H and O–H groups in total. The topological polar surface area (TPSA) is 97.9 Å². The van der Waals surface area contributed by atoms with Gasteiger partial charge >= 0.3 is 6.36 Å². The molecular weight excluding hydrogens is 475 g/mol. The van der Waals surface area contributed by atoms with E-state index in [1.807, 2.05) is 0 Å². The number of halogens is 4. The van der Waals surface area contributed by atoms with Crippen molar-refractivity contribution in [3.05, 3.63) is 53.8 Å². The minimum Gasteiger partial charge on any atom is -0.405 e. The number of nitrogens with zero attached hydrogens (tertiary/aromatic N) is 7. The lowest BCUT2D eigenvalue weighted by atomic mass is 10.0. The molecule has 9 nitrogen and oxygen atoms in total. The number of para-hydroxylation sites is 1. The summed E-state index contributed by atoms with van der Waals surface area (Å²) < 4.78 is 43.7. The number of benzene rings is 2. The number of aromatic nitrogens is 4. The molecule has 34 heavy (non-hydrogen) atoms. The molecule has 2 aromatic carbocycles. The van der Waals surface area contributed by atoms with Crippen LogP contribution < -0.4 is 4.74 Å². The van der Waals surface area contributed by atoms with E-state index in [1.54, 1.807) is 23.1 Å². The SMILES string of the molecule is O=C(Cn1cnnn1)N1CCCCC1/N=N/c1ccc(-c2ccccc2OC(F)(F)F)c(Cl)c1. The third-order valence-electron chi connectivity index (χ3n) is 5.14. The Bertz CT molecular complexity index is 1170. The fourth-order valence-corrected chi connectivity index (χ4v) is 3.90. The van der Waals surface area contributed by atoms with Gasteiger partial charge in [-0.1, -0.05) is 35.9 Å². The highest BCUT2D eigenvalue weighted by molar-refractivity contribution is 6.33. The third-order valence-corrected chi connectivity index (χ3v) is 5.45. The molecule has 0 aliphatic carbocycles. The smallest absolute Gasteiger partial charge is 0.405 e. The van der Waals surface area contributed by atoms with Crippen LogP contribution in [0.25, 0.3) is 11.1 Å². The molecular formula is C21H19ClF3N7O2. The maximum atomic E-state index is 12.8. The first-order valence-electron chi connectivity index (χ1n) is 10.4. The number of azo groups is 1. The number of hydrogen-bond donors (Lipinski definition) is 0. The lowest BCUT2D eigenvalue weighted by Gasteiger charge is -2.32. The van der Waals surface area contributed by atoms with E-state index in [0.717, 1.165) is 12.8 Å². The van der Waals surface area contributed by atoms with Crippen LogP contribution in [-0.4, -0.2) is 50.1 Å². The molecule has 1 unspecified atom stereocenters. The lowest BCUT2D eigenvalue weighted by molar-refractivity contribution is -0.274. The number of piperidine rings is 1. The minimum atomic E-state index is -4.83. The van der Waals surface area contributed by atoms with Gasteiger partial charge in [-0.15, -0.1) is 18.3 Å². The van der Waals surface area contributed by atoms with Gasteiger partial charge in [-0.05, 0) is 47.9 Å². The van der Waals surface area contributed by atoms with Crippen molar-refractivity contribution < 1.29 is 22.7 Å². The molecule has 2 heterocycles. The first-order valence-corrected chi connectivity index (χ1v) is 10.7. The Morgan fingerprint density at radius 3 is 2.74 bits per heavy atom. The number of carbonyl (C=O) groups excluding carboxylic acids is 1. The van der Waals surface area contributed by atoms with Crippen molar-refractivity contribution in [1.29, 1.82) is 0 Å². The van der Waals surface area contributed by atoms with Gasteiger partial charge in [0.15, 0.2) is 0 Å². The summed E-state index contributed by atoms with van der Waals surface area (Å²) >= 11 is 6.36. The number of likely N-dealkylation sites (tertiary alicyclic amines) is 1. The first kappa shape index (κ1) is 23.6. The Morgan fingerprint density at radius 2 is 2.00 bits per heavy atom. The standard InChI is InChI=1S/C21H19ClF3N7O2/c22-17-11-14(8-9-15(17)16-5-1-2-6-18(16)34-21(23,24)25)27-28-19-7-3-4-10-32(19)20(33)12-31-13-26-29-30-31/h1-2,5-6,8-9,11,13,19H,3-4,7,10,12H2/b28-27+. The summed E-state index contributed by atoms with van der Waals surface area (Å²) in [5.74, 6) is -0.532. The molecule has 13 heteroatoms. The van der Waals surface area contributed by atoms with Crippen LogP contribution >= 0.6 is 11.6 Å². The molecule has 4 rings (SSSR count). The summed E-state index contributed by atoms with van der Waals surface area (Å²) in [6.45, 7) is 0.541. The van der Waals surface area contributed by atoms with Crippen LogP contribution in [0.5, 0.6) is 5.75 Å². The van der Waals surface area contributed by atoms with E-state index in [0.29, 0.717) is 24.2 Å². The van der Waals surface area contributed by atoms with E-state index in [9.17, 15) is 18.0 Å². The van der Waals surface area contributed by atoms with Crippen molar-refractivity contribution in [2.75, 3.05) is 6.54 Å². The molecule has 1 saturated heterocycles. The quantitative estimate of drug-likeness (QED) is 0.449. The maximum absolute atomic E-state index is 12.8. The van der Waals surface area contributed by atoms with E-state index in [4.69, 9.17) is 11.6 Å². The van der Waals surface area contributed by atoms with Crippen LogP contribution in [0.1, 0.15) is 19.3 Å². The van der Waals surface area contributed by atoms with Gasteiger partial charge in [0.1, 0.15) is 24.8 Å². The molecule has 1 aromatic heterocycles. The monoisotopic (exact) mass is 493 g/mol. The second-order valence-corrected chi connectivity index (χ2v) is 7.90. The van der Waals surface area contributed by atoms with Crippen molar-refractivity contribution in [1.82, 2.24) is 25.1 Å². The Balaban J connectivity index is 1.51. The van der Waals surface area contributed by atoms with Gasteiger partial charge in [0.25, 0.3) is 0 Å². The second-order valence-electron chi connectivity index (χ2n) is 7.49. The highest BCUT2D eigenvalue weighted by Gasteiger charge is 2.32. The number of alkyl halides is 3. The lowest BCUT2D eigenvalue weighted by Crippen LogP contribution is -2.44. The fourth-order valence-electron chi connectivity index (χ4n) is 3.63. The molecule has 1 aliphatic rings. The van der Waals surface area contributed by atoms with Crippen molar-refractivity contribution >= 4 is 23.2 Å². The molecule has 178 valence electrons. The van der Waals surface area contributed by atoms with E-state index in [1.165, 1.54) is 35.3 Å². The summed E-state index contributed by atoms with van der Waals surface area (Å²) in [6, 6.07) is 10.4. The van der Waals surface area contributed by atoms with E-state index in [2.05, 4.69) is 30.5 Å². The van der Waals surface area contributed by atoms with E-state index in [-0.39, 0.29) is 28.8 Å². The predicted molar refractivity (Wildman–Crippen MR) is 115 cm³/mol. The van der Waals surface area contributed by atoms with Crippen molar-refractivity contribution in [2.45, 2.75) is 38.3 Å². The molecule has 0 bridgehead atoms. The molecule has 1 amide bonds. The van der Waals surface area contributed by atoms with Gasteiger partial charge in [-0.2, -0.15) is 10.2 Å². The third kappa shape index (κ3) is 5.87. The molecule has 0 saturated carbocycles. The Morgan fingerprint density at radius 1 is 1.18 bits per heavy atom. The molecule has 1 atom stereocenters. The van der Waals surface area contributed by atoms with Gasteiger partial charge in [-0.3, -0.25) is 4.79 Å². The minimum absolute atomic E-state index is 0.00104. The van der Waals surface area contributed by atoms with Gasteiger partial charge in [0.2, 0.25) is 5.91 Å². The highest BCUT2D eigenvalue weighted by atomic mass is 35.5. The summed E-state index contributed by atoms with van der Waals surface area (Å²) in [6.07, 6.45) is -1.51. The summed E-state index contributed by atoms with van der Waals surface area (Å²) in [5, 5.41) is 19.5. The van der Waals surface area contributed by atoms with Crippen LogP contribution in [0.2, 0.25) is 5.02 Å². The number of ether oxygens (including phenoxy) is 1. The Labute approximate surface area is 197 Å². The zero-order valence-corrected chi connectivity index (χ0v) is 18.4. The molecule has 0 radical (unpaired) electrons. The number of amides is 1. The zero-order chi connectivity index (χ0) is 24.1. The van der Waals surface area contributed by atoms with Crippen molar-refractivity contribution in [3.63, 3.8) is 0 Å². The summed E-state index contributed by atoms with van der Waals surface area (Å²) in [4.78, 5) is 14.3. The molecule has 3 aromatic rings. The van der Waals surface area contributed by atoms with Crippen LogP contribution in [0.3, 0.4) is 0 Å². The summed E-state index contributed by atoms with van der Waals surface area (Å²) in [7, 11) is 0. The summed E-state index contributed by atoms with van der Waals surface area (Å²) in [5.41, 5.74) is 0.956. The Hall–Kier alpha value is -3.54. The number of hydrogen-bond acceptors (Lipinski definition) is 7. The van der Waals surface area contributed by atoms with E-state index < -0.39 is 12.5 Å². The number of tetrazole rings is 1. The van der Waals surface area contributed by atoms with Crippen LogP contribution in [0.4, 0.5) is 18.9 Å². The predicted octanol–water partition coefficient (Wildman–Crippen LogP) is 5.01. The zero-order valence-electron chi connectivity index (χ0n) is 17.7. The van der Waals surface area contributed by atoms with Crippen molar-refractivity contribution in [3.8, 4) is 16.9 Å². The average Bonchev–Trinajstić information content (AvgIpc) is 3.30. The molecule has 0 spiro atoms. The second kappa shape index (κ2) is 10.2. The average molecular weight is 494 g/mol. The van der Waals surface area contributed by atoms with Crippen LogP contribution in [-0.2, 0) is 11.3 Å². The van der Waals surface area contributed by atoms with Gasteiger partial charge < -0.3 is 9.64 Å². The largest absolute Gasteiger partial charge is 0.573 e. The van der Waals surface area contributed by atoms with Crippen molar-refractivity contribution in [2.24, 2.45) is 10.2 Å². The van der Waals surface area contributed by atoms with Gasteiger partial charge in [-0.25, -0.2) is 4.68 Å². The fraction of sp³-hybridized carbons (Fsp3) is 0.333. The van der Waals surface area contributed by atoms with Crippen LogP contribution in [0, 0.1) is 0 Å². The highest BCUT2D eigenvalue weighted by Crippen LogP contribution is 2.38.